The summed E-state index contributed by atoms with van der Waals surface area (Å²) in [6.45, 7) is 2.31. The van der Waals surface area contributed by atoms with Crippen molar-refractivity contribution in [1.82, 2.24) is 20.3 Å². The molecule has 8 heteroatoms. The normalized spacial score (nSPS) is 16.3. The van der Waals surface area contributed by atoms with E-state index in [2.05, 4.69) is 25.6 Å². The van der Waals surface area contributed by atoms with Gasteiger partial charge in [-0.25, -0.2) is 4.98 Å². The first-order valence-corrected chi connectivity index (χ1v) is 9.36. The van der Waals surface area contributed by atoms with Crippen molar-refractivity contribution in [3.05, 3.63) is 46.1 Å². The number of H-pyrrole nitrogens is 1. The second-order valence-corrected chi connectivity index (χ2v) is 7.03. The molecule has 136 valence electrons. The van der Waals surface area contributed by atoms with Gasteiger partial charge in [0.25, 0.3) is 0 Å². The smallest absolute Gasteiger partial charge is 0.202 e. The molecule has 0 amide bonds. The fraction of sp³-hybridized carbons (Fsp3) is 0.333. The van der Waals surface area contributed by atoms with Crippen LogP contribution in [0.3, 0.4) is 0 Å². The van der Waals surface area contributed by atoms with E-state index in [0.717, 1.165) is 54.4 Å². The van der Waals surface area contributed by atoms with Gasteiger partial charge >= 0.3 is 0 Å². The Kier molecular flexibility index (Phi) is 5.15. The monoisotopic (exact) mass is 391 g/mol. The Balaban J connectivity index is 1.29. The molecule has 1 aliphatic heterocycles. The van der Waals surface area contributed by atoms with Gasteiger partial charge in [-0.1, -0.05) is 23.2 Å². The van der Waals surface area contributed by atoms with Crippen molar-refractivity contribution in [2.75, 3.05) is 25.0 Å². The molecule has 1 atom stereocenters. The van der Waals surface area contributed by atoms with Gasteiger partial charge in [0.05, 0.1) is 17.1 Å². The standard InChI is InChI=1S/C18H19Cl2N5O/c19-11-9-12-14(4-8-26-16(12)13(20)10-11)21-6-2-7-23-18-24-15-3-1-5-22-17(15)25-18/h1,3,5,9-10,14,21H,2,4,6-8H2,(H2,22,23,24,25). The highest BCUT2D eigenvalue weighted by molar-refractivity contribution is 6.35. The lowest BCUT2D eigenvalue weighted by atomic mass is 10.0. The van der Waals surface area contributed by atoms with Gasteiger partial charge in [0, 0.05) is 35.8 Å². The largest absolute Gasteiger partial charge is 0.492 e. The number of aromatic nitrogens is 3. The zero-order valence-corrected chi connectivity index (χ0v) is 15.6. The number of hydrogen-bond donors (Lipinski definition) is 3. The van der Waals surface area contributed by atoms with Gasteiger partial charge in [-0.2, -0.15) is 4.98 Å². The van der Waals surface area contributed by atoms with Gasteiger partial charge in [0.1, 0.15) is 5.75 Å². The van der Waals surface area contributed by atoms with E-state index in [1.807, 2.05) is 18.2 Å². The van der Waals surface area contributed by atoms with E-state index in [1.54, 1.807) is 12.3 Å². The van der Waals surface area contributed by atoms with Crippen LogP contribution < -0.4 is 15.4 Å². The third kappa shape index (κ3) is 3.72. The topological polar surface area (TPSA) is 74.9 Å². The Labute approximate surface area is 161 Å². The van der Waals surface area contributed by atoms with E-state index in [0.29, 0.717) is 16.7 Å². The van der Waals surface area contributed by atoms with Crippen LogP contribution in [0, 0.1) is 0 Å². The summed E-state index contributed by atoms with van der Waals surface area (Å²) in [6.07, 6.45) is 3.58. The molecule has 0 saturated heterocycles. The molecule has 2 aromatic heterocycles. The van der Waals surface area contributed by atoms with Crippen molar-refractivity contribution in [2.24, 2.45) is 0 Å². The number of nitrogens with zero attached hydrogens (tertiary/aromatic N) is 2. The average Bonchev–Trinajstić information content (AvgIpc) is 3.04. The molecule has 0 saturated carbocycles. The summed E-state index contributed by atoms with van der Waals surface area (Å²) < 4.78 is 5.69. The maximum Gasteiger partial charge on any atom is 0.202 e. The summed E-state index contributed by atoms with van der Waals surface area (Å²) in [6, 6.07) is 7.69. The third-order valence-electron chi connectivity index (χ3n) is 4.36. The number of imidazole rings is 1. The number of anilines is 1. The zero-order chi connectivity index (χ0) is 17.9. The highest BCUT2D eigenvalue weighted by Crippen LogP contribution is 2.39. The van der Waals surface area contributed by atoms with Gasteiger partial charge < -0.3 is 20.4 Å². The Bertz CT molecular complexity index is 881. The number of pyridine rings is 1. The predicted molar refractivity (Wildman–Crippen MR) is 104 cm³/mol. The van der Waals surface area contributed by atoms with Crippen molar-refractivity contribution in [3.8, 4) is 5.75 Å². The van der Waals surface area contributed by atoms with Crippen LogP contribution >= 0.6 is 23.2 Å². The summed E-state index contributed by atoms with van der Waals surface area (Å²) in [5, 5.41) is 8.06. The number of hydrogen-bond acceptors (Lipinski definition) is 5. The molecule has 1 unspecified atom stereocenters. The van der Waals surface area contributed by atoms with Crippen LogP contribution in [0.2, 0.25) is 10.0 Å². The Hall–Kier alpha value is -2.02. The van der Waals surface area contributed by atoms with Crippen molar-refractivity contribution in [3.63, 3.8) is 0 Å². The zero-order valence-electron chi connectivity index (χ0n) is 14.1. The maximum absolute atomic E-state index is 6.24. The summed E-state index contributed by atoms with van der Waals surface area (Å²) in [7, 11) is 0. The van der Waals surface area contributed by atoms with Crippen LogP contribution in [0.1, 0.15) is 24.4 Å². The van der Waals surface area contributed by atoms with Crippen molar-refractivity contribution in [2.45, 2.75) is 18.9 Å². The number of rotatable bonds is 6. The Morgan fingerprint density at radius 1 is 1.27 bits per heavy atom. The van der Waals surface area contributed by atoms with Crippen LogP contribution in [0.5, 0.6) is 5.75 Å². The molecule has 0 fully saturated rings. The van der Waals surface area contributed by atoms with Crippen LogP contribution in [0.25, 0.3) is 11.2 Å². The molecular weight excluding hydrogens is 373 g/mol. The summed E-state index contributed by atoms with van der Waals surface area (Å²) in [5.41, 5.74) is 2.69. The summed E-state index contributed by atoms with van der Waals surface area (Å²) in [5.74, 6) is 1.49. The van der Waals surface area contributed by atoms with Gasteiger partial charge in [-0.3, -0.25) is 0 Å². The molecule has 3 heterocycles. The molecule has 1 aromatic carbocycles. The van der Waals surface area contributed by atoms with E-state index in [-0.39, 0.29) is 6.04 Å². The lowest BCUT2D eigenvalue weighted by Gasteiger charge is -2.27. The molecule has 26 heavy (non-hydrogen) atoms. The van der Waals surface area contributed by atoms with Crippen LogP contribution in [0.4, 0.5) is 5.95 Å². The van der Waals surface area contributed by atoms with Gasteiger partial charge in [0.15, 0.2) is 5.65 Å². The number of nitrogens with one attached hydrogen (secondary N) is 3. The van der Waals surface area contributed by atoms with Gasteiger partial charge in [0.2, 0.25) is 5.95 Å². The first-order valence-electron chi connectivity index (χ1n) is 8.60. The lowest BCUT2D eigenvalue weighted by Crippen LogP contribution is -2.28. The molecule has 4 rings (SSSR count). The molecular formula is C18H19Cl2N5O. The van der Waals surface area contributed by atoms with E-state index < -0.39 is 0 Å². The van der Waals surface area contributed by atoms with Crippen molar-refractivity contribution in [1.29, 1.82) is 0 Å². The maximum atomic E-state index is 6.24. The highest BCUT2D eigenvalue weighted by atomic mass is 35.5. The lowest BCUT2D eigenvalue weighted by molar-refractivity contribution is 0.253. The number of halogens is 2. The molecule has 3 aromatic rings. The summed E-state index contributed by atoms with van der Waals surface area (Å²) in [4.78, 5) is 11.8. The van der Waals surface area contributed by atoms with Crippen LogP contribution in [0.15, 0.2) is 30.5 Å². The molecule has 0 aliphatic carbocycles. The Morgan fingerprint density at radius 2 is 2.19 bits per heavy atom. The number of fused-ring (bicyclic) bond motifs is 2. The average molecular weight is 392 g/mol. The van der Waals surface area contributed by atoms with Gasteiger partial charge in [-0.15, -0.1) is 0 Å². The molecule has 1 aliphatic rings. The minimum absolute atomic E-state index is 0.199. The minimum atomic E-state index is 0.199. The number of benzene rings is 1. The summed E-state index contributed by atoms with van der Waals surface area (Å²) >= 11 is 12.4. The second kappa shape index (κ2) is 7.70. The van der Waals surface area contributed by atoms with E-state index >= 15 is 0 Å². The van der Waals surface area contributed by atoms with Crippen LogP contribution in [-0.4, -0.2) is 34.6 Å². The van der Waals surface area contributed by atoms with Crippen LogP contribution in [-0.2, 0) is 0 Å². The first-order chi connectivity index (χ1) is 12.7. The van der Waals surface area contributed by atoms with E-state index in [4.69, 9.17) is 27.9 Å². The highest BCUT2D eigenvalue weighted by Gasteiger charge is 2.23. The SMILES string of the molecule is Clc1cc(Cl)c2c(c1)C(NCCCNc1nc3ncccc3[nH]1)CCO2. The van der Waals surface area contributed by atoms with E-state index in [1.165, 1.54) is 0 Å². The fourth-order valence-corrected chi connectivity index (χ4v) is 3.70. The van der Waals surface area contributed by atoms with E-state index in [9.17, 15) is 0 Å². The number of ether oxygens (including phenoxy) is 1. The second-order valence-electron chi connectivity index (χ2n) is 6.19. The van der Waals surface area contributed by atoms with Crippen molar-refractivity contribution >= 4 is 40.3 Å². The number of aromatic amines is 1. The first kappa shape index (κ1) is 17.4. The minimum Gasteiger partial charge on any atom is -0.492 e. The molecule has 0 spiro atoms. The fourth-order valence-electron chi connectivity index (χ4n) is 3.14. The predicted octanol–water partition coefficient (Wildman–Crippen LogP) is 4.18. The quantitative estimate of drug-likeness (QED) is 0.549. The van der Waals surface area contributed by atoms with Gasteiger partial charge in [-0.05, 0) is 37.2 Å². The molecule has 3 N–H and O–H groups in total. The molecule has 6 nitrogen and oxygen atoms in total. The molecule has 0 bridgehead atoms. The van der Waals surface area contributed by atoms with Crippen molar-refractivity contribution < 1.29 is 4.74 Å². The molecule has 0 radical (unpaired) electrons. The Morgan fingerprint density at radius 3 is 3.08 bits per heavy atom. The third-order valence-corrected chi connectivity index (χ3v) is 4.86.